The van der Waals surface area contributed by atoms with Gasteiger partial charge in [-0.05, 0) is 90.5 Å². The Hall–Kier alpha value is -7.86. The summed E-state index contributed by atoms with van der Waals surface area (Å²) in [5.74, 6) is 0. The Bertz CT molecular complexity index is 3420. The molecule has 11 aromatic rings. The molecule has 0 aliphatic heterocycles. The Kier molecular flexibility index (Phi) is 6.61. The molecule has 3 aromatic heterocycles. The van der Waals surface area contributed by atoms with Crippen molar-refractivity contribution < 1.29 is 0 Å². The first-order chi connectivity index (χ1) is 27.2. The molecule has 0 fully saturated rings. The summed E-state index contributed by atoms with van der Waals surface area (Å²) in [4.78, 5) is 0. The largest absolute Gasteiger partial charge is 0.309 e. The van der Waals surface area contributed by atoms with E-state index in [1.165, 1.54) is 32.6 Å². The van der Waals surface area contributed by atoms with E-state index in [0.717, 1.165) is 61.0 Å². The Morgan fingerprint density at radius 1 is 0.327 bits per heavy atom. The number of nitriles is 2. The van der Waals surface area contributed by atoms with Gasteiger partial charge >= 0.3 is 0 Å². The number of para-hydroxylation sites is 4. The molecule has 0 bridgehead atoms. The average molecular weight is 700 g/mol. The molecule has 0 N–H and O–H groups in total. The lowest BCUT2D eigenvalue weighted by Crippen LogP contribution is -1.98. The molecule has 55 heavy (non-hydrogen) atoms. The van der Waals surface area contributed by atoms with Crippen molar-refractivity contribution in [1.82, 2.24) is 13.7 Å². The Labute approximate surface area is 316 Å². The van der Waals surface area contributed by atoms with Crippen LogP contribution in [0.25, 0.3) is 93.6 Å². The fourth-order valence-corrected chi connectivity index (χ4v) is 8.72. The fourth-order valence-electron chi connectivity index (χ4n) is 8.72. The van der Waals surface area contributed by atoms with Gasteiger partial charge in [0.25, 0.3) is 0 Å². The first-order valence-electron chi connectivity index (χ1n) is 18.3. The SMILES string of the molecule is N#Cc1ccc2c(c1)c1ccccc1n2-c1ccc(C#N)c(-c2cccc(-n3c4ccccc4c4ccc(-n5c6ccccc6c6ccccc65)cc43)c2)c1. The molecule has 0 amide bonds. The maximum absolute atomic E-state index is 10.4. The number of benzene rings is 8. The summed E-state index contributed by atoms with van der Waals surface area (Å²) >= 11 is 0. The third-order valence-corrected chi connectivity index (χ3v) is 11.1. The number of nitrogens with zero attached hydrogens (tertiary/aromatic N) is 5. The quantitative estimate of drug-likeness (QED) is 0.184. The minimum absolute atomic E-state index is 0.601. The molecule has 0 saturated carbocycles. The molecule has 0 spiro atoms. The number of rotatable bonds is 4. The molecule has 8 aromatic carbocycles. The highest BCUT2D eigenvalue weighted by molar-refractivity contribution is 6.12. The van der Waals surface area contributed by atoms with E-state index >= 15 is 0 Å². The van der Waals surface area contributed by atoms with E-state index in [2.05, 4.69) is 159 Å². The Morgan fingerprint density at radius 2 is 0.818 bits per heavy atom. The van der Waals surface area contributed by atoms with Crippen LogP contribution >= 0.6 is 0 Å². The van der Waals surface area contributed by atoms with Crippen molar-refractivity contribution in [1.29, 1.82) is 10.5 Å². The molecule has 3 heterocycles. The summed E-state index contributed by atoms with van der Waals surface area (Å²) in [6, 6.07) is 66.0. The molecule has 254 valence electrons. The molecular formula is C50H29N5. The van der Waals surface area contributed by atoms with Gasteiger partial charge in [0.05, 0.1) is 56.4 Å². The number of fused-ring (bicyclic) bond motifs is 9. The van der Waals surface area contributed by atoms with Gasteiger partial charge < -0.3 is 13.7 Å². The van der Waals surface area contributed by atoms with Crippen LogP contribution in [-0.4, -0.2) is 13.7 Å². The Balaban J connectivity index is 1.12. The molecular weight excluding hydrogens is 671 g/mol. The van der Waals surface area contributed by atoms with Crippen LogP contribution in [0.3, 0.4) is 0 Å². The van der Waals surface area contributed by atoms with Gasteiger partial charge in [0, 0.05) is 54.9 Å². The average Bonchev–Trinajstić information content (AvgIpc) is 3.88. The van der Waals surface area contributed by atoms with Crippen molar-refractivity contribution in [3.63, 3.8) is 0 Å². The van der Waals surface area contributed by atoms with E-state index in [1.807, 2.05) is 42.5 Å². The van der Waals surface area contributed by atoms with Crippen molar-refractivity contribution in [2.24, 2.45) is 0 Å². The van der Waals surface area contributed by atoms with E-state index in [-0.39, 0.29) is 0 Å². The topological polar surface area (TPSA) is 62.4 Å². The second kappa shape index (κ2) is 11.8. The Morgan fingerprint density at radius 3 is 1.42 bits per heavy atom. The lowest BCUT2D eigenvalue weighted by molar-refractivity contribution is 1.15. The summed E-state index contributed by atoms with van der Waals surface area (Å²) in [7, 11) is 0. The van der Waals surface area contributed by atoms with E-state index < -0.39 is 0 Å². The standard InChI is InChI=1S/C50H29N5/c51-30-32-20-25-49-44(26-32)41-15-4-8-19-48(41)53(49)36-22-21-34(31-52)43(28-36)33-10-9-11-35(27-33)55-47-18-7-3-14-40(47)42-24-23-37(29-50(42)55)54-45-16-5-1-12-38(45)39-13-2-6-17-46(39)54/h1-29H. The van der Waals surface area contributed by atoms with E-state index in [1.54, 1.807) is 0 Å². The van der Waals surface area contributed by atoms with Gasteiger partial charge in [-0.3, -0.25) is 0 Å². The van der Waals surface area contributed by atoms with Crippen molar-refractivity contribution >= 4 is 65.4 Å². The summed E-state index contributed by atoms with van der Waals surface area (Å²) in [5.41, 5.74) is 12.7. The highest BCUT2D eigenvalue weighted by atomic mass is 15.0. The predicted molar refractivity (Wildman–Crippen MR) is 224 cm³/mol. The van der Waals surface area contributed by atoms with Crippen LogP contribution in [0.5, 0.6) is 0 Å². The van der Waals surface area contributed by atoms with E-state index in [4.69, 9.17) is 0 Å². The molecule has 0 atom stereocenters. The zero-order valence-corrected chi connectivity index (χ0v) is 29.5. The summed E-state index contributed by atoms with van der Waals surface area (Å²) in [5, 5.41) is 27.0. The lowest BCUT2D eigenvalue weighted by Gasteiger charge is -2.14. The highest BCUT2D eigenvalue weighted by Gasteiger charge is 2.18. The van der Waals surface area contributed by atoms with Gasteiger partial charge in [-0.2, -0.15) is 10.5 Å². The zero-order chi connectivity index (χ0) is 36.6. The monoisotopic (exact) mass is 699 g/mol. The summed E-state index contributed by atoms with van der Waals surface area (Å²) < 4.78 is 6.94. The van der Waals surface area contributed by atoms with Gasteiger partial charge in [-0.15, -0.1) is 0 Å². The summed E-state index contributed by atoms with van der Waals surface area (Å²) in [6.07, 6.45) is 0. The van der Waals surface area contributed by atoms with Gasteiger partial charge in [-0.25, -0.2) is 0 Å². The number of aromatic nitrogens is 3. The van der Waals surface area contributed by atoms with E-state index in [0.29, 0.717) is 11.1 Å². The molecule has 5 nitrogen and oxygen atoms in total. The maximum Gasteiger partial charge on any atom is 0.0998 e. The fraction of sp³-hybridized carbons (Fsp3) is 0. The van der Waals surface area contributed by atoms with Crippen LogP contribution in [0, 0.1) is 22.7 Å². The molecule has 5 heteroatoms. The van der Waals surface area contributed by atoms with Crippen LogP contribution < -0.4 is 0 Å². The van der Waals surface area contributed by atoms with Crippen molar-refractivity contribution in [3.05, 3.63) is 187 Å². The van der Waals surface area contributed by atoms with Crippen LogP contribution in [0.1, 0.15) is 11.1 Å². The maximum atomic E-state index is 10.4. The number of hydrogen-bond donors (Lipinski definition) is 0. The highest BCUT2D eigenvalue weighted by Crippen LogP contribution is 2.39. The minimum Gasteiger partial charge on any atom is -0.309 e. The molecule has 0 radical (unpaired) electrons. The molecule has 0 aliphatic carbocycles. The first-order valence-corrected chi connectivity index (χ1v) is 18.3. The van der Waals surface area contributed by atoms with Gasteiger partial charge in [0.2, 0.25) is 0 Å². The second-order valence-corrected chi connectivity index (χ2v) is 14.0. The molecule has 0 unspecified atom stereocenters. The third kappa shape index (κ3) is 4.51. The minimum atomic E-state index is 0.601. The molecule has 11 rings (SSSR count). The first kappa shape index (κ1) is 30.7. The zero-order valence-electron chi connectivity index (χ0n) is 29.5. The van der Waals surface area contributed by atoms with Crippen LogP contribution in [-0.2, 0) is 0 Å². The van der Waals surface area contributed by atoms with Gasteiger partial charge in [-0.1, -0.05) is 91.0 Å². The predicted octanol–water partition coefficient (Wildman–Crippen LogP) is 12.4. The molecule has 0 saturated heterocycles. The number of hydrogen-bond acceptors (Lipinski definition) is 2. The smallest absolute Gasteiger partial charge is 0.0998 e. The lowest BCUT2D eigenvalue weighted by atomic mass is 9.99. The van der Waals surface area contributed by atoms with Gasteiger partial charge in [0.15, 0.2) is 0 Å². The second-order valence-electron chi connectivity index (χ2n) is 14.0. The van der Waals surface area contributed by atoms with E-state index in [9.17, 15) is 10.5 Å². The van der Waals surface area contributed by atoms with Crippen molar-refractivity contribution in [2.45, 2.75) is 0 Å². The van der Waals surface area contributed by atoms with Crippen LogP contribution in [0.15, 0.2) is 176 Å². The van der Waals surface area contributed by atoms with Crippen LogP contribution in [0.4, 0.5) is 0 Å². The van der Waals surface area contributed by atoms with Crippen molar-refractivity contribution in [2.75, 3.05) is 0 Å². The third-order valence-electron chi connectivity index (χ3n) is 11.1. The molecule has 0 aliphatic rings. The summed E-state index contributed by atoms with van der Waals surface area (Å²) in [6.45, 7) is 0. The van der Waals surface area contributed by atoms with Gasteiger partial charge in [0.1, 0.15) is 0 Å². The van der Waals surface area contributed by atoms with Crippen molar-refractivity contribution in [3.8, 4) is 40.3 Å². The normalized spacial score (nSPS) is 11.6. The van der Waals surface area contributed by atoms with Crippen LogP contribution in [0.2, 0.25) is 0 Å².